The van der Waals surface area contributed by atoms with Crippen LogP contribution in [-0.2, 0) is 0 Å². The third kappa shape index (κ3) is 4.97. The summed E-state index contributed by atoms with van der Waals surface area (Å²) in [6.07, 6.45) is 2.62. The molecule has 1 N–H and O–H groups in total. The smallest absolute Gasteiger partial charge is 0.415 e. The summed E-state index contributed by atoms with van der Waals surface area (Å²) in [7, 11) is 1.46. The molecule has 0 unspecified atom stereocenters. The van der Waals surface area contributed by atoms with Gasteiger partial charge in [0.15, 0.2) is 5.75 Å². The fraction of sp³-hybridized carbons (Fsp3) is 0.350. The molecule has 1 fully saturated rings. The monoisotopic (exact) mass is 387 g/mol. The van der Waals surface area contributed by atoms with Crippen LogP contribution in [0.5, 0.6) is 11.6 Å². The predicted octanol–water partition coefficient (Wildman–Crippen LogP) is 2.87. The van der Waals surface area contributed by atoms with E-state index in [-0.39, 0.29) is 29.3 Å². The number of nitrogens with zero attached hydrogens (tertiary/aromatic N) is 2. The minimum Gasteiger partial charge on any atom is -0.478 e. The Morgan fingerprint density at radius 3 is 2.61 bits per heavy atom. The Balaban J connectivity index is 1.44. The van der Waals surface area contributed by atoms with E-state index in [9.17, 15) is 14.0 Å². The average molecular weight is 387 g/mol. The van der Waals surface area contributed by atoms with E-state index in [1.807, 2.05) is 0 Å². The molecule has 28 heavy (non-hydrogen) atoms. The Morgan fingerprint density at radius 2 is 1.93 bits per heavy atom. The summed E-state index contributed by atoms with van der Waals surface area (Å²) in [6.45, 7) is 1.59. The molecular weight excluding hydrogens is 365 g/mol. The van der Waals surface area contributed by atoms with E-state index in [1.165, 1.54) is 31.4 Å². The number of hydrogen-bond acceptors (Lipinski definition) is 5. The minimum atomic E-state index is -0.444. The van der Waals surface area contributed by atoms with Crippen molar-refractivity contribution in [2.45, 2.75) is 12.8 Å². The Labute approximate surface area is 162 Å². The molecule has 1 aromatic heterocycles. The highest BCUT2D eigenvalue weighted by molar-refractivity contribution is 5.94. The molecule has 1 saturated heterocycles. The second kappa shape index (κ2) is 9.16. The number of halogens is 1. The number of ether oxygens (including phenoxy) is 2. The normalized spacial score (nSPS) is 14.4. The predicted molar refractivity (Wildman–Crippen MR) is 99.8 cm³/mol. The van der Waals surface area contributed by atoms with Crippen LogP contribution in [0.25, 0.3) is 0 Å². The van der Waals surface area contributed by atoms with Crippen molar-refractivity contribution >= 4 is 12.0 Å². The largest absolute Gasteiger partial charge is 0.478 e. The Morgan fingerprint density at radius 1 is 1.21 bits per heavy atom. The van der Waals surface area contributed by atoms with Gasteiger partial charge in [0.1, 0.15) is 5.82 Å². The van der Waals surface area contributed by atoms with Gasteiger partial charge < -0.3 is 19.7 Å². The van der Waals surface area contributed by atoms with Crippen LogP contribution >= 0.6 is 0 Å². The van der Waals surface area contributed by atoms with Crippen LogP contribution in [0.4, 0.5) is 9.18 Å². The van der Waals surface area contributed by atoms with Crippen LogP contribution in [0.15, 0.2) is 42.6 Å². The number of likely N-dealkylation sites (tertiary alicyclic amines) is 1. The van der Waals surface area contributed by atoms with Crippen molar-refractivity contribution in [3.05, 3.63) is 54.0 Å². The van der Waals surface area contributed by atoms with Crippen molar-refractivity contribution in [3.8, 4) is 11.6 Å². The lowest BCUT2D eigenvalue weighted by molar-refractivity contribution is 0.0931. The highest BCUT2D eigenvalue weighted by Gasteiger charge is 2.25. The molecule has 0 radical (unpaired) electrons. The first-order chi connectivity index (χ1) is 13.6. The second-order valence-electron chi connectivity index (χ2n) is 6.53. The number of hydrogen-bond donors (Lipinski definition) is 1. The van der Waals surface area contributed by atoms with E-state index in [0.717, 1.165) is 12.8 Å². The molecule has 0 bridgehead atoms. The lowest BCUT2D eigenvalue weighted by atomic mass is 9.97. The number of methoxy groups -OCH3 is 1. The molecule has 7 nitrogen and oxygen atoms in total. The van der Waals surface area contributed by atoms with E-state index >= 15 is 0 Å². The molecule has 0 aliphatic carbocycles. The molecule has 0 spiro atoms. The zero-order valence-corrected chi connectivity index (χ0v) is 15.6. The van der Waals surface area contributed by atoms with Crippen molar-refractivity contribution in [2.75, 3.05) is 26.7 Å². The molecule has 2 aromatic rings. The number of carbonyl (C=O) groups excluding carboxylic acids is 2. The van der Waals surface area contributed by atoms with Gasteiger partial charge in [-0.15, -0.1) is 0 Å². The van der Waals surface area contributed by atoms with Gasteiger partial charge in [-0.25, -0.2) is 14.2 Å². The fourth-order valence-corrected chi connectivity index (χ4v) is 3.03. The van der Waals surface area contributed by atoms with Crippen molar-refractivity contribution in [1.29, 1.82) is 0 Å². The van der Waals surface area contributed by atoms with Gasteiger partial charge in [-0.1, -0.05) is 0 Å². The van der Waals surface area contributed by atoms with E-state index in [1.54, 1.807) is 23.2 Å². The van der Waals surface area contributed by atoms with Gasteiger partial charge in [0.25, 0.3) is 11.8 Å². The summed E-state index contributed by atoms with van der Waals surface area (Å²) in [4.78, 5) is 30.1. The number of piperidine rings is 1. The van der Waals surface area contributed by atoms with Crippen LogP contribution in [0, 0.1) is 11.7 Å². The van der Waals surface area contributed by atoms with Crippen molar-refractivity contribution in [2.24, 2.45) is 5.92 Å². The summed E-state index contributed by atoms with van der Waals surface area (Å²) >= 11 is 0. The topological polar surface area (TPSA) is 80.8 Å². The maximum Gasteiger partial charge on any atom is 0.415 e. The Bertz CT molecular complexity index is 820. The first-order valence-electron chi connectivity index (χ1n) is 9.06. The van der Waals surface area contributed by atoms with Crippen molar-refractivity contribution < 1.29 is 23.5 Å². The van der Waals surface area contributed by atoms with Crippen molar-refractivity contribution in [1.82, 2.24) is 15.2 Å². The van der Waals surface area contributed by atoms with Crippen LogP contribution in [0.3, 0.4) is 0 Å². The number of nitrogens with one attached hydrogen (secondary N) is 1. The SMILES string of the molecule is COc1ncccc1OC(=O)N1CCC(CNC(=O)c2ccc(F)cc2)CC1. The van der Waals surface area contributed by atoms with E-state index in [2.05, 4.69) is 10.3 Å². The molecule has 2 amide bonds. The lowest BCUT2D eigenvalue weighted by Gasteiger charge is -2.31. The number of rotatable bonds is 5. The zero-order valence-electron chi connectivity index (χ0n) is 15.6. The third-order valence-electron chi connectivity index (χ3n) is 4.66. The highest BCUT2D eigenvalue weighted by atomic mass is 19.1. The number of benzene rings is 1. The number of amides is 2. The van der Waals surface area contributed by atoms with Crippen LogP contribution in [0.2, 0.25) is 0 Å². The number of carbonyl (C=O) groups is 2. The van der Waals surface area contributed by atoms with Crippen LogP contribution in [-0.4, -0.2) is 48.6 Å². The van der Waals surface area contributed by atoms with Crippen molar-refractivity contribution in [3.63, 3.8) is 0 Å². The molecule has 0 saturated carbocycles. The molecule has 3 rings (SSSR count). The van der Waals surface area contributed by atoms with Gasteiger partial charge in [0.2, 0.25) is 0 Å². The maximum absolute atomic E-state index is 12.9. The first-order valence-corrected chi connectivity index (χ1v) is 9.06. The zero-order chi connectivity index (χ0) is 19.9. The highest BCUT2D eigenvalue weighted by Crippen LogP contribution is 2.24. The van der Waals surface area contributed by atoms with Crippen LogP contribution < -0.4 is 14.8 Å². The summed E-state index contributed by atoms with van der Waals surface area (Å²) in [5, 5.41) is 2.87. The first kappa shape index (κ1) is 19.6. The van der Waals surface area contributed by atoms with E-state index in [0.29, 0.717) is 25.2 Å². The molecule has 2 heterocycles. The van der Waals surface area contributed by atoms with E-state index < -0.39 is 6.09 Å². The van der Waals surface area contributed by atoms with Gasteiger partial charge in [-0.3, -0.25) is 4.79 Å². The fourth-order valence-electron chi connectivity index (χ4n) is 3.03. The van der Waals surface area contributed by atoms with Gasteiger partial charge in [0.05, 0.1) is 7.11 Å². The molecule has 0 atom stereocenters. The van der Waals surface area contributed by atoms with Gasteiger partial charge >= 0.3 is 6.09 Å². The van der Waals surface area contributed by atoms with Gasteiger partial charge in [-0.2, -0.15) is 0 Å². The quantitative estimate of drug-likeness (QED) is 0.853. The molecule has 8 heteroatoms. The summed E-state index contributed by atoms with van der Waals surface area (Å²) in [6, 6.07) is 8.72. The van der Waals surface area contributed by atoms with Crippen LogP contribution in [0.1, 0.15) is 23.2 Å². The lowest BCUT2D eigenvalue weighted by Crippen LogP contribution is -2.42. The summed E-state index contributed by atoms with van der Waals surface area (Å²) < 4.78 is 23.4. The molecule has 148 valence electrons. The van der Waals surface area contributed by atoms with Gasteiger partial charge in [0, 0.05) is 31.4 Å². The molecule has 1 aliphatic heterocycles. The minimum absolute atomic E-state index is 0.231. The number of aromatic nitrogens is 1. The molecule has 1 aromatic carbocycles. The summed E-state index contributed by atoms with van der Waals surface area (Å²) in [5.74, 6) is 0.199. The second-order valence-corrected chi connectivity index (χ2v) is 6.53. The Kier molecular flexibility index (Phi) is 6.41. The standard InChI is InChI=1S/C20H22FN3O4/c1-27-19-17(3-2-10-22-19)28-20(26)24-11-8-14(9-12-24)13-23-18(25)15-4-6-16(21)7-5-15/h2-7,10,14H,8-9,11-13H2,1H3,(H,23,25). The Hall–Kier alpha value is -3.16. The molecule has 1 aliphatic rings. The third-order valence-corrected chi connectivity index (χ3v) is 4.66. The summed E-state index contributed by atoms with van der Waals surface area (Å²) in [5.41, 5.74) is 0.424. The maximum atomic E-state index is 12.9. The van der Waals surface area contributed by atoms with Gasteiger partial charge in [-0.05, 0) is 55.2 Å². The number of pyridine rings is 1. The van der Waals surface area contributed by atoms with E-state index in [4.69, 9.17) is 9.47 Å². The molecular formula is C20H22FN3O4. The average Bonchev–Trinajstić information content (AvgIpc) is 2.73.